The van der Waals surface area contributed by atoms with Crippen molar-refractivity contribution in [3.63, 3.8) is 0 Å². The van der Waals surface area contributed by atoms with Gasteiger partial charge >= 0.3 is 65.2 Å². The van der Waals surface area contributed by atoms with E-state index in [2.05, 4.69) is 0 Å². The van der Waals surface area contributed by atoms with E-state index in [1.54, 1.807) is 6.92 Å². The fourth-order valence-electron chi connectivity index (χ4n) is 0. The second kappa shape index (κ2) is 5.77. The van der Waals surface area contributed by atoms with Gasteiger partial charge in [0.15, 0.2) is 0 Å². The molecule has 0 spiro atoms. The van der Waals surface area contributed by atoms with E-state index in [1.807, 2.05) is 0 Å². The van der Waals surface area contributed by atoms with Crippen LogP contribution in [0.1, 0.15) is 13.3 Å². The Kier molecular flexibility index (Phi) is 6.91. The van der Waals surface area contributed by atoms with Crippen LogP contribution in [0, 0.1) is 0 Å². The predicted octanol–water partition coefficient (Wildman–Crippen LogP) is 1.79. The Morgan fingerprint density at radius 2 is 1.46 bits per heavy atom. The molecule has 0 heterocycles. The zero-order chi connectivity index (χ0) is 11.3. The molecule has 0 aliphatic carbocycles. The molecule has 0 amide bonds. The Labute approximate surface area is 88.5 Å². The van der Waals surface area contributed by atoms with Crippen LogP contribution < -0.4 is 0 Å². The monoisotopic (exact) mass is 216 g/mol. The number of aliphatic carboxylic acids is 1. The second-order valence-corrected chi connectivity index (χ2v) is 3.39. The molecule has 0 bridgehead atoms. The van der Waals surface area contributed by atoms with Gasteiger partial charge in [0.2, 0.25) is 0 Å². The Morgan fingerprint density at radius 1 is 1.31 bits per heavy atom. The molecule has 0 unspecified atom stereocenters. The molecule has 0 atom stereocenters. The van der Waals surface area contributed by atoms with Crippen LogP contribution in [0.5, 0.6) is 0 Å². The summed E-state index contributed by atoms with van der Waals surface area (Å²) in [7, 11) is 0. The number of halogens is 5. The maximum absolute atomic E-state index is 11.2. The minimum absolute atomic E-state index is 0.222. The molecular weight excluding hydrogens is 210 g/mol. The van der Waals surface area contributed by atoms with Gasteiger partial charge in [0.1, 0.15) is 0 Å². The third kappa shape index (κ3) is 10.0. The van der Waals surface area contributed by atoms with E-state index in [9.17, 15) is 26.7 Å². The first-order valence-electron chi connectivity index (χ1n) is 3.18. The molecule has 0 saturated carbocycles. The van der Waals surface area contributed by atoms with Gasteiger partial charge in [0, 0.05) is 6.42 Å². The molecule has 0 aromatic rings. The topological polar surface area (TPSA) is 37.3 Å². The zero-order valence-electron chi connectivity index (χ0n) is 6.95. The summed E-state index contributed by atoms with van der Waals surface area (Å²) in [6.07, 6.45) is -5.11. The van der Waals surface area contributed by atoms with E-state index in [-0.39, 0.29) is 6.42 Å². The van der Waals surface area contributed by atoms with Crippen LogP contribution in [-0.2, 0) is 4.79 Å². The van der Waals surface area contributed by atoms with Gasteiger partial charge in [-0.3, -0.25) is 4.79 Å². The van der Waals surface area contributed by atoms with E-state index in [0.717, 1.165) is 0 Å². The first-order valence-corrected chi connectivity index (χ1v) is 4.18. The van der Waals surface area contributed by atoms with Crippen LogP contribution in [0.4, 0.5) is 22.0 Å². The van der Waals surface area contributed by atoms with Gasteiger partial charge in [-0.1, -0.05) is 6.92 Å². The number of alkyl halides is 5. The molecule has 0 rings (SSSR count). The standard InChI is InChI=1S/C3H6O2.C2F5.Na/c1-2-3(4)5;3-1(4)2(5,6)7;/h2H2,1H3,(H,4,5);;. The summed E-state index contributed by atoms with van der Waals surface area (Å²) in [5.74, 6) is -0.745. The Morgan fingerprint density at radius 3 is 1.46 bits per heavy atom. The average molecular weight is 216 g/mol. The van der Waals surface area contributed by atoms with Crippen LogP contribution in [-0.4, -0.2) is 48.4 Å². The molecule has 8 heteroatoms. The first-order chi connectivity index (χ1) is 5.52. The van der Waals surface area contributed by atoms with Gasteiger partial charge in [-0.2, -0.15) is 0 Å². The van der Waals surface area contributed by atoms with E-state index in [1.165, 1.54) is 0 Å². The Bertz CT molecular complexity index is 149. The van der Waals surface area contributed by atoms with Crippen molar-refractivity contribution in [1.82, 2.24) is 0 Å². The van der Waals surface area contributed by atoms with Crippen LogP contribution in [0.3, 0.4) is 0 Å². The number of carboxylic acid groups (broad SMARTS) is 1. The van der Waals surface area contributed by atoms with Crippen molar-refractivity contribution in [2.24, 2.45) is 0 Å². The molecule has 13 heavy (non-hydrogen) atoms. The van der Waals surface area contributed by atoms with Crippen LogP contribution in [0.25, 0.3) is 0 Å². The summed E-state index contributed by atoms with van der Waals surface area (Å²) < 4.78 is 50.4. The first kappa shape index (κ1) is 15.6. The molecular formula is C5H6F5NaO2. The molecule has 1 N–H and O–H groups in total. The maximum atomic E-state index is 11.2. The van der Waals surface area contributed by atoms with Crippen molar-refractivity contribution in [3.05, 3.63) is 0 Å². The summed E-state index contributed by atoms with van der Waals surface area (Å²) in [5, 5.41) is 7.72. The number of rotatable bonds is 1. The minimum atomic E-state index is -5.33. The normalized spacial score (nSPS) is 11.7. The van der Waals surface area contributed by atoms with Gasteiger partial charge in [0.25, 0.3) is 0 Å². The van der Waals surface area contributed by atoms with E-state index in [0.29, 0.717) is 0 Å². The molecule has 0 aromatic heterocycles. The molecule has 0 fully saturated rings. The average Bonchev–Trinajstić information content (AvgIpc) is 1.84. The summed E-state index contributed by atoms with van der Waals surface area (Å²) in [6, 6.07) is 0. The second-order valence-electron chi connectivity index (χ2n) is 2.13. The van der Waals surface area contributed by atoms with Crippen molar-refractivity contribution >= 4 is 33.9 Å². The van der Waals surface area contributed by atoms with Crippen molar-refractivity contribution in [2.45, 2.75) is 22.7 Å². The molecule has 0 aromatic carbocycles. The summed E-state index contributed by atoms with van der Waals surface area (Å²) in [6.45, 7) is 1.60. The van der Waals surface area contributed by atoms with Crippen molar-refractivity contribution in [3.8, 4) is 0 Å². The molecule has 0 aliphatic rings. The summed E-state index contributed by atoms with van der Waals surface area (Å²) >= 11 is -1.17. The predicted molar refractivity (Wildman–Crippen MR) is 34.7 cm³/mol. The van der Waals surface area contributed by atoms with Crippen molar-refractivity contribution in [2.75, 3.05) is 0 Å². The van der Waals surface area contributed by atoms with Crippen LogP contribution in [0.15, 0.2) is 0 Å². The molecule has 0 saturated heterocycles. The molecule has 74 valence electrons. The third-order valence-corrected chi connectivity index (χ3v) is 1.37. The molecule has 0 radical (unpaired) electrons. The van der Waals surface area contributed by atoms with Gasteiger partial charge in [-0.25, -0.2) is 0 Å². The molecule has 2 nitrogen and oxygen atoms in total. The van der Waals surface area contributed by atoms with E-state index >= 15 is 0 Å². The Balaban J connectivity index is 0. The van der Waals surface area contributed by atoms with Crippen LogP contribution >= 0.6 is 0 Å². The SMILES string of the molecule is CCC(=O)O.FC(F)(F)[C](F)(F)[Na]. The number of carbonyl (C=O) groups is 1. The summed E-state index contributed by atoms with van der Waals surface area (Å²) in [4.78, 5) is 9.37. The van der Waals surface area contributed by atoms with Gasteiger partial charge in [-0.05, 0) is 0 Å². The zero-order valence-corrected chi connectivity index (χ0v) is 8.95. The fraction of sp³-hybridized carbons (Fsp3) is 0.800. The summed E-state index contributed by atoms with van der Waals surface area (Å²) in [5.41, 5.74) is 0. The number of hydrogen-bond acceptors (Lipinski definition) is 1. The number of carboxylic acids is 1. The van der Waals surface area contributed by atoms with Gasteiger partial charge in [0.05, 0.1) is 0 Å². The third-order valence-electron chi connectivity index (χ3n) is 0.800. The number of hydrogen-bond donors (Lipinski definition) is 1. The van der Waals surface area contributed by atoms with Crippen molar-refractivity contribution in [1.29, 1.82) is 0 Å². The van der Waals surface area contributed by atoms with Crippen LogP contribution in [0.2, 0.25) is 0 Å². The Hall–Kier alpha value is 0.120. The quantitative estimate of drug-likeness (QED) is 0.536. The van der Waals surface area contributed by atoms with Gasteiger partial charge < -0.3 is 5.11 Å². The van der Waals surface area contributed by atoms with E-state index in [4.69, 9.17) is 5.11 Å². The molecule has 0 aliphatic heterocycles. The fourth-order valence-corrected chi connectivity index (χ4v) is 0. The van der Waals surface area contributed by atoms with E-state index < -0.39 is 43.2 Å². The van der Waals surface area contributed by atoms with Crippen molar-refractivity contribution < 1.29 is 31.9 Å². The van der Waals surface area contributed by atoms with Gasteiger partial charge in [-0.15, -0.1) is 0 Å².